The Bertz CT molecular complexity index is 1130. The molecule has 3 rings (SSSR count). The molecule has 0 spiro atoms. The van der Waals surface area contributed by atoms with Gasteiger partial charge in [0.25, 0.3) is 5.91 Å². The molecule has 0 aliphatic heterocycles. The van der Waals surface area contributed by atoms with Gasteiger partial charge in [0.15, 0.2) is 11.5 Å². The van der Waals surface area contributed by atoms with Crippen molar-refractivity contribution < 1.29 is 18.4 Å². The minimum atomic E-state index is -2.82. The monoisotopic (exact) mass is 433 g/mol. The number of nitrogens with two attached hydrogens (primary N) is 2. The summed E-state index contributed by atoms with van der Waals surface area (Å²) in [6.45, 7) is 0.782. The van der Waals surface area contributed by atoms with E-state index >= 15 is 0 Å². The van der Waals surface area contributed by atoms with Crippen molar-refractivity contribution in [3.63, 3.8) is 0 Å². The number of hydrogen-bond donors (Lipinski definition) is 4. The summed E-state index contributed by atoms with van der Waals surface area (Å²) in [5.41, 5.74) is 11.7. The number of benzene rings is 1. The second-order valence-electron chi connectivity index (χ2n) is 6.80. The molecule has 13 heteroatoms. The number of carbonyl (C=O) groups is 2. The fraction of sp³-hybridized carbons (Fsp3) is 0.333. The van der Waals surface area contributed by atoms with E-state index in [2.05, 4.69) is 30.9 Å². The van der Waals surface area contributed by atoms with E-state index in [-0.39, 0.29) is 23.0 Å². The fourth-order valence-electron chi connectivity index (χ4n) is 3.05. The molecule has 3 aromatic rings. The second kappa shape index (κ2) is 8.85. The summed E-state index contributed by atoms with van der Waals surface area (Å²) in [4.78, 5) is 27.5. The van der Waals surface area contributed by atoms with Crippen molar-refractivity contribution in [2.75, 3.05) is 10.6 Å². The summed E-state index contributed by atoms with van der Waals surface area (Å²) < 4.78 is 27.0. The van der Waals surface area contributed by atoms with Crippen molar-refractivity contribution in [2.45, 2.75) is 39.3 Å². The average Bonchev–Trinajstić information content (AvgIpc) is 3.12. The number of nitrogens with zero attached hydrogens (tertiary/aromatic N) is 5. The maximum absolute atomic E-state index is 13.2. The summed E-state index contributed by atoms with van der Waals surface area (Å²) in [5, 5.41) is 17.4. The normalized spacial score (nSPS) is 12.2. The number of rotatable bonds is 9. The number of amides is 2. The maximum Gasteiger partial charge on any atom is 0.333 e. The van der Waals surface area contributed by atoms with E-state index in [9.17, 15) is 18.4 Å². The van der Waals surface area contributed by atoms with Gasteiger partial charge in [-0.3, -0.25) is 9.59 Å². The number of halogens is 2. The molecule has 1 atom stereocenters. The van der Waals surface area contributed by atoms with Crippen molar-refractivity contribution in [3.05, 3.63) is 29.6 Å². The number of hydrogen-bond acceptors (Lipinski definition) is 8. The summed E-state index contributed by atoms with van der Waals surface area (Å²) in [6, 6.07) is 2.37. The van der Waals surface area contributed by atoms with Crippen molar-refractivity contribution in [2.24, 2.45) is 11.5 Å². The van der Waals surface area contributed by atoms with Crippen LogP contribution in [0.5, 0.6) is 0 Å². The Morgan fingerprint density at radius 1 is 1.23 bits per heavy atom. The van der Waals surface area contributed by atoms with Gasteiger partial charge < -0.3 is 22.1 Å². The first-order chi connectivity index (χ1) is 14.7. The first-order valence-electron chi connectivity index (χ1n) is 9.34. The van der Waals surface area contributed by atoms with Gasteiger partial charge in [0.1, 0.15) is 6.04 Å². The Morgan fingerprint density at radius 2 is 1.97 bits per heavy atom. The molecule has 2 aromatic heterocycles. The Balaban J connectivity index is 2.00. The minimum absolute atomic E-state index is 0.0554. The zero-order valence-electron chi connectivity index (χ0n) is 16.8. The lowest BCUT2D eigenvalue weighted by molar-refractivity contribution is -0.118. The molecular weight excluding hydrogens is 412 g/mol. The van der Waals surface area contributed by atoms with Crippen molar-refractivity contribution in [1.29, 1.82) is 0 Å². The van der Waals surface area contributed by atoms with Crippen LogP contribution in [-0.4, -0.2) is 42.8 Å². The largest absolute Gasteiger partial charge is 0.368 e. The molecule has 0 aliphatic rings. The van der Waals surface area contributed by atoms with Crippen LogP contribution < -0.4 is 22.1 Å². The van der Waals surface area contributed by atoms with Crippen molar-refractivity contribution >= 4 is 40.2 Å². The zero-order valence-corrected chi connectivity index (χ0v) is 16.8. The van der Waals surface area contributed by atoms with E-state index in [0.29, 0.717) is 34.2 Å². The highest BCUT2D eigenvalue weighted by molar-refractivity contribution is 5.96. The quantitative estimate of drug-likeness (QED) is 0.396. The fourth-order valence-corrected chi connectivity index (χ4v) is 3.05. The smallest absolute Gasteiger partial charge is 0.333 e. The lowest BCUT2D eigenvalue weighted by Gasteiger charge is -2.15. The van der Waals surface area contributed by atoms with E-state index < -0.39 is 24.4 Å². The van der Waals surface area contributed by atoms with Gasteiger partial charge in [0, 0.05) is 11.1 Å². The SMILES string of the molecule is CCC[C@@H](Nc1nnc(C(N)=O)c(Nc2cc(C)c3cnn(C(F)F)c3c2)n1)C(N)=O. The second-order valence-corrected chi connectivity index (χ2v) is 6.80. The number of primary amides is 2. The number of fused-ring (bicyclic) bond motifs is 1. The first-order valence-corrected chi connectivity index (χ1v) is 9.34. The molecule has 6 N–H and O–H groups in total. The van der Waals surface area contributed by atoms with Crippen LogP contribution in [0, 0.1) is 6.92 Å². The van der Waals surface area contributed by atoms with E-state index in [0.717, 1.165) is 0 Å². The molecule has 164 valence electrons. The van der Waals surface area contributed by atoms with Crippen LogP contribution in [0.1, 0.15) is 42.4 Å². The predicted molar refractivity (Wildman–Crippen MR) is 109 cm³/mol. The number of alkyl halides is 2. The van der Waals surface area contributed by atoms with Gasteiger partial charge in [-0.1, -0.05) is 13.3 Å². The summed E-state index contributed by atoms with van der Waals surface area (Å²) in [6.07, 6.45) is 2.46. The zero-order chi connectivity index (χ0) is 22.7. The third-order valence-corrected chi connectivity index (χ3v) is 4.51. The van der Waals surface area contributed by atoms with Gasteiger partial charge in [-0.25, -0.2) is 4.68 Å². The maximum atomic E-state index is 13.2. The van der Waals surface area contributed by atoms with Gasteiger partial charge in [0.2, 0.25) is 11.9 Å². The van der Waals surface area contributed by atoms with E-state index in [1.165, 1.54) is 12.3 Å². The highest BCUT2D eigenvalue weighted by Gasteiger charge is 2.20. The lowest BCUT2D eigenvalue weighted by atomic mass is 10.1. The van der Waals surface area contributed by atoms with Crippen LogP contribution in [-0.2, 0) is 4.79 Å². The van der Waals surface area contributed by atoms with Gasteiger partial charge in [-0.2, -0.15) is 18.9 Å². The molecule has 0 aliphatic carbocycles. The molecule has 11 nitrogen and oxygen atoms in total. The molecule has 0 fully saturated rings. The van der Waals surface area contributed by atoms with Gasteiger partial charge in [-0.15, -0.1) is 10.2 Å². The van der Waals surface area contributed by atoms with E-state index in [1.807, 2.05) is 6.92 Å². The van der Waals surface area contributed by atoms with Gasteiger partial charge in [0.05, 0.1) is 11.7 Å². The minimum Gasteiger partial charge on any atom is -0.368 e. The van der Waals surface area contributed by atoms with E-state index in [4.69, 9.17) is 11.5 Å². The highest BCUT2D eigenvalue weighted by Crippen LogP contribution is 2.28. The van der Waals surface area contributed by atoms with Crippen LogP contribution in [0.4, 0.5) is 26.2 Å². The Hall–Kier alpha value is -3.90. The first kappa shape index (κ1) is 21.8. The van der Waals surface area contributed by atoms with Crippen LogP contribution >= 0.6 is 0 Å². The topological polar surface area (TPSA) is 167 Å². The number of anilines is 3. The van der Waals surface area contributed by atoms with Crippen LogP contribution in [0.3, 0.4) is 0 Å². The molecule has 0 saturated carbocycles. The molecule has 31 heavy (non-hydrogen) atoms. The Morgan fingerprint density at radius 3 is 2.58 bits per heavy atom. The number of carbonyl (C=O) groups excluding carboxylic acids is 2. The third-order valence-electron chi connectivity index (χ3n) is 4.51. The van der Waals surface area contributed by atoms with Crippen LogP contribution in [0.15, 0.2) is 18.3 Å². The molecular formula is C18H21F2N9O2. The summed E-state index contributed by atoms with van der Waals surface area (Å²) in [5.74, 6) is -1.61. The Labute approximate surface area is 175 Å². The molecule has 1 aromatic carbocycles. The van der Waals surface area contributed by atoms with Crippen molar-refractivity contribution in [1.82, 2.24) is 25.0 Å². The molecule has 2 amide bonds. The average molecular weight is 433 g/mol. The summed E-state index contributed by atoms with van der Waals surface area (Å²) >= 11 is 0. The molecule has 0 saturated heterocycles. The van der Waals surface area contributed by atoms with Crippen LogP contribution in [0.2, 0.25) is 0 Å². The third kappa shape index (κ3) is 4.65. The molecule has 0 bridgehead atoms. The highest BCUT2D eigenvalue weighted by atomic mass is 19.3. The van der Waals surface area contributed by atoms with Gasteiger partial charge in [-0.05, 0) is 31.0 Å². The number of aromatic nitrogens is 5. The Kier molecular flexibility index (Phi) is 6.22. The van der Waals surface area contributed by atoms with Crippen LogP contribution in [0.25, 0.3) is 10.9 Å². The number of aryl methyl sites for hydroxylation is 1. The van der Waals surface area contributed by atoms with Crippen molar-refractivity contribution in [3.8, 4) is 0 Å². The molecule has 0 unspecified atom stereocenters. The lowest BCUT2D eigenvalue weighted by Crippen LogP contribution is -2.36. The predicted octanol–water partition coefficient (Wildman–Crippen LogP) is 1.83. The number of nitrogens with one attached hydrogen (secondary N) is 2. The summed E-state index contributed by atoms with van der Waals surface area (Å²) in [7, 11) is 0. The van der Waals surface area contributed by atoms with Gasteiger partial charge >= 0.3 is 6.55 Å². The molecule has 2 heterocycles. The standard InChI is InChI=1S/C18H21F2N9O2/c1-3-4-11(14(21)30)25-18-26-16(13(15(22)31)27-28-18)24-9-5-8(2)10-7-23-29(17(19)20)12(10)6-9/h5-7,11,17H,3-4H2,1-2H3,(H2,21,30)(H2,22,31)(H2,24,25,26,28)/t11-/m1/s1. The molecule has 0 radical (unpaired) electrons. The van der Waals surface area contributed by atoms with E-state index in [1.54, 1.807) is 13.0 Å².